The second-order valence-electron chi connectivity index (χ2n) is 5.72. The second-order valence-corrected chi connectivity index (χ2v) is 5.72. The van der Waals surface area contributed by atoms with Gasteiger partial charge in [-0.2, -0.15) is 4.98 Å². The zero-order chi connectivity index (χ0) is 16.8. The average molecular weight is 367 g/mol. The number of amides is 1. The van der Waals surface area contributed by atoms with E-state index in [1.54, 1.807) is 7.11 Å². The Morgan fingerprint density at radius 2 is 2.08 bits per heavy atom. The highest BCUT2D eigenvalue weighted by molar-refractivity contribution is 5.85. The maximum atomic E-state index is 12.3. The standard InChI is InChI=1S/C17H22N4O3.ClH/c1-23-14-5-3-13(4-6-14)17-19-15(24-20-17)7-8-16(22)21-11-2-9-18-10-12-21;/h3-6,18H,2,7-12H2,1H3;1H. The molecule has 2 aromatic rings. The third-order valence-electron chi connectivity index (χ3n) is 4.06. The summed E-state index contributed by atoms with van der Waals surface area (Å²) in [5.41, 5.74) is 0.857. The first-order chi connectivity index (χ1) is 11.8. The van der Waals surface area contributed by atoms with Crippen molar-refractivity contribution in [1.29, 1.82) is 0 Å². The Bertz CT molecular complexity index is 667. The molecule has 1 aromatic carbocycles. The highest BCUT2D eigenvalue weighted by atomic mass is 35.5. The smallest absolute Gasteiger partial charge is 0.227 e. The largest absolute Gasteiger partial charge is 0.497 e. The van der Waals surface area contributed by atoms with E-state index in [1.807, 2.05) is 29.2 Å². The Morgan fingerprint density at radius 3 is 2.84 bits per heavy atom. The molecule has 2 heterocycles. The Morgan fingerprint density at radius 1 is 1.28 bits per heavy atom. The van der Waals surface area contributed by atoms with Crippen LogP contribution in [0.3, 0.4) is 0 Å². The first-order valence-electron chi connectivity index (χ1n) is 8.22. The molecular weight excluding hydrogens is 344 g/mol. The molecule has 1 fully saturated rings. The van der Waals surface area contributed by atoms with Crippen molar-refractivity contribution in [3.05, 3.63) is 30.2 Å². The van der Waals surface area contributed by atoms with Gasteiger partial charge in [-0.15, -0.1) is 12.4 Å². The monoisotopic (exact) mass is 366 g/mol. The molecule has 1 amide bonds. The third kappa shape index (κ3) is 5.17. The summed E-state index contributed by atoms with van der Waals surface area (Å²) in [6.45, 7) is 3.40. The van der Waals surface area contributed by atoms with Gasteiger partial charge >= 0.3 is 0 Å². The van der Waals surface area contributed by atoms with Gasteiger partial charge in [0.15, 0.2) is 0 Å². The van der Waals surface area contributed by atoms with Crippen LogP contribution in [0, 0.1) is 0 Å². The fraction of sp³-hybridized carbons (Fsp3) is 0.471. The molecule has 1 aliphatic rings. The van der Waals surface area contributed by atoms with Crippen molar-refractivity contribution in [3.8, 4) is 17.1 Å². The van der Waals surface area contributed by atoms with Crippen molar-refractivity contribution >= 4 is 18.3 Å². The van der Waals surface area contributed by atoms with E-state index in [2.05, 4.69) is 15.5 Å². The minimum atomic E-state index is 0. The molecular formula is C17H23ClN4O3. The second kappa shape index (κ2) is 9.39. The van der Waals surface area contributed by atoms with Crippen LogP contribution in [0.1, 0.15) is 18.7 Å². The highest BCUT2D eigenvalue weighted by Crippen LogP contribution is 2.20. The maximum absolute atomic E-state index is 12.3. The van der Waals surface area contributed by atoms with Gasteiger partial charge in [-0.3, -0.25) is 4.79 Å². The molecule has 0 radical (unpaired) electrons. The van der Waals surface area contributed by atoms with E-state index in [-0.39, 0.29) is 18.3 Å². The van der Waals surface area contributed by atoms with Gasteiger partial charge < -0.3 is 19.5 Å². The Balaban J connectivity index is 0.00000225. The van der Waals surface area contributed by atoms with Crippen molar-refractivity contribution in [2.75, 3.05) is 33.3 Å². The molecule has 136 valence electrons. The van der Waals surface area contributed by atoms with E-state index >= 15 is 0 Å². The summed E-state index contributed by atoms with van der Waals surface area (Å²) in [4.78, 5) is 18.5. The molecule has 0 atom stereocenters. The van der Waals surface area contributed by atoms with Gasteiger partial charge in [0.05, 0.1) is 7.11 Å². The lowest BCUT2D eigenvalue weighted by atomic mass is 10.2. The van der Waals surface area contributed by atoms with Crippen molar-refractivity contribution < 1.29 is 14.1 Å². The molecule has 1 aromatic heterocycles. The zero-order valence-electron chi connectivity index (χ0n) is 14.2. The number of nitrogens with one attached hydrogen (secondary N) is 1. The molecule has 7 nitrogen and oxygen atoms in total. The number of nitrogens with zero attached hydrogens (tertiary/aromatic N) is 3. The number of benzene rings is 1. The van der Waals surface area contributed by atoms with E-state index in [1.165, 1.54) is 0 Å². The first kappa shape index (κ1) is 19.2. The SMILES string of the molecule is COc1ccc(-c2noc(CCC(=O)N3CCCNCC3)n2)cc1.Cl. The highest BCUT2D eigenvalue weighted by Gasteiger charge is 2.17. The van der Waals surface area contributed by atoms with Crippen LogP contribution in [0.15, 0.2) is 28.8 Å². The molecule has 0 spiro atoms. The van der Waals surface area contributed by atoms with Gasteiger partial charge in [0.25, 0.3) is 0 Å². The number of halogens is 1. The number of ether oxygens (including phenoxy) is 1. The number of aromatic nitrogens is 2. The molecule has 0 saturated carbocycles. The lowest BCUT2D eigenvalue weighted by Crippen LogP contribution is -2.34. The van der Waals surface area contributed by atoms with Gasteiger partial charge in [0.2, 0.25) is 17.6 Å². The fourth-order valence-corrected chi connectivity index (χ4v) is 2.68. The van der Waals surface area contributed by atoms with Gasteiger partial charge in [0, 0.05) is 38.0 Å². The third-order valence-corrected chi connectivity index (χ3v) is 4.06. The summed E-state index contributed by atoms with van der Waals surface area (Å²) in [6.07, 6.45) is 1.85. The van der Waals surface area contributed by atoms with E-state index in [9.17, 15) is 4.79 Å². The van der Waals surface area contributed by atoms with Gasteiger partial charge in [0.1, 0.15) is 5.75 Å². The van der Waals surface area contributed by atoms with Gasteiger partial charge in [-0.1, -0.05) is 5.16 Å². The topological polar surface area (TPSA) is 80.5 Å². The van der Waals surface area contributed by atoms with Crippen molar-refractivity contribution in [3.63, 3.8) is 0 Å². The Hall–Kier alpha value is -2.12. The van der Waals surface area contributed by atoms with Crippen molar-refractivity contribution in [1.82, 2.24) is 20.4 Å². The summed E-state index contributed by atoms with van der Waals surface area (Å²) < 4.78 is 10.4. The zero-order valence-corrected chi connectivity index (χ0v) is 15.1. The van der Waals surface area contributed by atoms with Crippen LogP contribution in [-0.4, -0.2) is 54.2 Å². The molecule has 0 unspecified atom stereocenters. The fourth-order valence-electron chi connectivity index (χ4n) is 2.68. The summed E-state index contributed by atoms with van der Waals surface area (Å²) >= 11 is 0. The summed E-state index contributed by atoms with van der Waals surface area (Å²) in [5.74, 6) is 1.93. The molecule has 1 saturated heterocycles. The Kier molecular flexibility index (Phi) is 7.21. The van der Waals surface area contributed by atoms with Gasteiger partial charge in [-0.25, -0.2) is 0 Å². The number of aryl methyl sites for hydroxylation is 1. The van der Waals surface area contributed by atoms with Crippen molar-refractivity contribution in [2.45, 2.75) is 19.3 Å². The molecule has 25 heavy (non-hydrogen) atoms. The lowest BCUT2D eigenvalue weighted by Gasteiger charge is -2.19. The molecule has 3 rings (SSSR count). The summed E-state index contributed by atoms with van der Waals surface area (Å²) in [5, 5.41) is 7.28. The Labute approximate surface area is 153 Å². The van der Waals surface area contributed by atoms with E-state index in [0.29, 0.717) is 24.6 Å². The van der Waals surface area contributed by atoms with Crippen LogP contribution < -0.4 is 10.1 Å². The number of methoxy groups -OCH3 is 1. The van der Waals surface area contributed by atoms with Crippen molar-refractivity contribution in [2.24, 2.45) is 0 Å². The number of hydrogen-bond acceptors (Lipinski definition) is 6. The minimum Gasteiger partial charge on any atom is -0.497 e. The molecule has 1 N–H and O–H groups in total. The van der Waals surface area contributed by atoms with Crippen LogP contribution in [0.2, 0.25) is 0 Å². The molecule has 8 heteroatoms. The number of hydrogen-bond donors (Lipinski definition) is 1. The predicted molar refractivity (Wildman–Crippen MR) is 95.9 cm³/mol. The molecule has 0 aliphatic carbocycles. The normalized spacial score (nSPS) is 14.5. The summed E-state index contributed by atoms with van der Waals surface area (Å²) in [7, 11) is 1.62. The predicted octanol–water partition coefficient (Wildman–Crippen LogP) is 1.92. The van der Waals surface area contributed by atoms with E-state index in [0.717, 1.165) is 43.9 Å². The van der Waals surface area contributed by atoms with Crippen LogP contribution in [-0.2, 0) is 11.2 Å². The van der Waals surface area contributed by atoms with Gasteiger partial charge in [-0.05, 0) is 37.2 Å². The van der Waals surface area contributed by atoms with E-state index < -0.39 is 0 Å². The van der Waals surface area contributed by atoms with Crippen LogP contribution >= 0.6 is 12.4 Å². The first-order valence-corrected chi connectivity index (χ1v) is 8.22. The van der Waals surface area contributed by atoms with Crippen LogP contribution in [0.25, 0.3) is 11.4 Å². The van der Waals surface area contributed by atoms with Crippen LogP contribution in [0.5, 0.6) is 5.75 Å². The van der Waals surface area contributed by atoms with Crippen LogP contribution in [0.4, 0.5) is 0 Å². The van der Waals surface area contributed by atoms with E-state index in [4.69, 9.17) is 9.26 Å². The molecule has 1 aliphatic heterocycles. The summed E-state index contributed by atoms with van der Waals surface area (Å²) in [6, 6.07) is 7.45. The average Bonchev–Trinajstić information content (AvgIpc) is 2.92. The lowest BCUT2D eigenvalue weighted by molar-refractivity contribution is -0.131. The maximum Gasteiger partial charge on any atom is 0.227 e. The minimum absolute atomic E-state index is 0. The number of rotatable bonds is 5. The number of carbonyl (C=O) groups is 1. The molecule has 0 bridgehead atoms. The number of carbonyl (C=O) groups excluding carboxylic acids is 1. The quantitative estimate of drug-likeness (QED) is 0.870.